The summed E-state index contributed by atoms with van der Waals surface area (Å²) < 4.78 is 24.2. The molecule has 0 atom stereocenters. The molecule has 0 amide bonds. The van der Waals surface area contributed by atoms with Crippen molar-refractivity contribution in [1.29, 1.82) is 0 Å². The second-order valence-electron chi connectivity index (χ2n) is 4.55. The van der Waals surface area contributed by atoms with Gasteiger partial charge in [0, 0.05) is 18.2 Å². The maximum Gasteiger partial charge on any atom is 0.126 e. The number of aryl methyl sites for hydroxylation is 1. The Morgan fingerprint density at radius 3 is 2.60 bits per heavy atom. The Bertz CT molecular complexity index is 599. The summed E-state index contributed by atoms with van der Waals surface area (Å²) in [6, 6.07) is 10.2. The van der Waals surface area contributed by atoms with Crippen molar-refractivity contribution >= 4 is 0 Å². The maximum atomic E-state index is 13.2. The number of ether oxygens (including phenoxy) is 2. The normalized spacial score (nSPS) is 10.4. The highest BCUT2D eigenvalue weighted by molar-refractivity contribution is 5.38. The highest BCUT2D eigenvalue weighted by atomic mass is 19.1. The standard InChI is InChI=1S/C16H18FNO2/c1-11-3-5-14(17)8-16(11)20-10-13-7-12(9-18)4-6-15(13)19-2/h3-8H,9-10,18H2,1-2H3. The molecule has 106 valence electrons. The van der Waals surface area contributed by atoms with Gasteiger partial charge in [-0.2, -0.15) is 0 Å². The van der Waals surface area contributed by atoms with Crippen LogP contribution in [0.25, 0.3) is 0 Å². The zero-order chi connectivity index (χ0) is 14.5. The Morgan fingerprint density at radius 1 is 1.10 bits per heavy atom. The topological polar surface area (TPSA) is 44.5 Å². The van der Waals surface area contributed by atoms with Gasteiger partial charge in [-0.25, -0.2) is 4.39 Å². The van der Waals surface area contributed by atoms with Gasteiger partial charge >= 0.3 is 0 Å². The molecule has 0 unspecified atom stereocenters. The highest BCUT2D eigenvalue weighted by Crippen LogP contribution is 2.24. The molecule has 4 heteroatoms. The van der Waals surface area contributed by atoms with Crippen LogP contribution in [-0.4, -0.2) is 7.11 Å². The maximum absolute atomic E-state index is 13.2. The Balaban J connectivity index is 2.19. The summed E-state index contributed by atoms with van der Waals surface area (Å²) in [6.07, 6.45) is 0. The van der Waals surface area contributed by atoms with E-state index in [-0.39, 0.29) is 5.82 Å². The number of halogens is 1. The Hall–Kier alpha value is -2.07. The first-order valence-corrected chi connectivity index (χ1v) is 6.39. The largest absolute Gasteiger partial charge is 0.496 e. The number of methoxy groups -OCH3 is 1. The predicted molar refractivity (Wildman–Crippen MR) is 76.4 cm³/mol. The third-order valence-corrected chi connectivity index (χ3v) is 3.11. The van der Waals surface area contributed by atoms with Crippen LogP contribution in [0.5, 0.6) is 11.5 Å². The monoisotopic (exact) mass is 275 g/mol. The van der Waals surface area contributed by atoms with E-state index in [0.29, 0.717) is 18.9 Å². The van der Waals surface area contributed by atoms with Gasteiger partial charge in [0.1, 0.15) is 23.9 Å². The predicted octanol–water partition coefficient (Wildman–Crippen LogP) is 3.18. The van der Waals surface area contributed by atoms with Gasteiger partial charge in [0.25, 0.3) is 0 Å². The van der Waals surface area contributed by atoms with E-state index >= 15 is 0 Å². The van der Waals surface area contributed by atoms with Crippen molar-refractivity contribution in [2.45, 2.75) is 20.1 Å². The van der Waals surface area contributed by atoms with E-state index < -0.39 is 0 Å². The average molecular weight is 275 g/mol. The molecule has 0 bridgehead atoms. The van der Waals surface area contributed by atoms with E-state index in [1.165, 1.54) is 12.1 Å². The summed E-state index contributed by atoms with van der Waals surface area (Å²) in [6.45, 7) is 2.64. The van der Waals surface area contributed by atoms with Crippen molar-refractivity contribution in [2.24, 2.45) is 5.73 Å². The minimum absolute atomic E-state index is 0.307. The Kier molecular flexibility index (Phi) is 4.58. The zero-order valence-electron chi connectivity index (χ0n) is 11.7. The smallest absolute Gasteiger partial charge is 0.126 e. The van der Waals surface area contributed by atoms with E-state index in [1.807, 2.05) is 25.1 Å². The van der Waals surface area contributed by atoms with Crippen LogP contribution < -0.4 is 15.2 Å². The van der Waals surface area contributed by atoms with E-state index in [9.17, 15) is 4.39 Å². The molecular weight excluding hydrogens is 257 g/mol. The summed E-state index contributed by atoms with van der Waals surface area (Å²) in [5.41, 5.74) is 8.41. The molecule has 0 heterocycles. The lowest BCUT2D eigenvalue weighted by molar-refractivity contribution is 0.293. The van der Waals surface area contributed by atoms with Crippen molar-refractivity contribution in [1.82, 2.24) is 0 Å². The zero-order valence-corrected chi connectivity index (χ0v) is 11.7. The van der Waals surface area contributed by atoms with Crippen LogP contribution in [0.2, 0.25) is 0 Å². The van der Waals surface area contributed by atoms with Gasteiger partial charge in [-0.15, -0.1) is 0 Å². The molecule has 20 heavy (non-hydrogen) atoms. The molecule has 0 fully saturated rings. The molecule has 2 N–H and O–H groups in total. The molecule has 0 aromatic heterocycles. The van der Waals surface area contributed by atoms with Gasteiger partial charge in [0.05, 0.1) is 7.11 Å². The SMILES string of the molecule is COc1ccc(CN)cc1COc1cc(F)ccc1C. The lowest BCUT2D eigenvalue weighted by atomic mass is 10.1. The van der Waals surface area contributed by atoms with Gasteiger partial charge in [-0.05, 0) is 36.2 Å². The number of hydrogen-bond donors (Lipinski definition) is 1. The van der Waals surface area contributed by atoms with Crippen molar-refractivity contribution in [3.63, 3.8) is 0 Å². The minimum Gasteiger partial charge on any atom is -0.496 e. The second kappa shape index (κ2) is 6.39. The van der Waals surface area contributed by atoms with E-state index in [0.717, 1.165) is 22.4 Å². The molecule has 2 rings (SSSR count). The molecule has 0 aliphatic rings. The lowest BCUT2D eigenvalue weighted by Gasteiger charge is -2.13. The van der Waals surface area contributed by atoms with Crippen LogP contribution in [0.15, 0.2) is 36.4 Å². The van der Waals surface area contributed by atoms with E-state index in [2.05, 4.69) is 0 Å². The fourth-order valence-corrected chi connectivity index (χ4v) is 1.96. The van der Waals surface area contributed by atoms with Crippen LogP contribution in [0.4, 0.5) is 4.39 Å². The van der Waals surface area contributed by atoms with Crippen LogP contribution in [0.1, 0.15) is 16.7 Å². The first-order chi connectivity index (χ1) is 9.63. The van der Waals surface area contributed by atoms with Crippen LogP contribution >= 0.6 is 0 Å². The van der Waals surface area contributed by atoms with Crippen LogP contribution in [0, 0.1) is 12.7 Å². The fourth-order valence-electron chi connectivity index (χ4n) is 1.96. The quantitative estimate of drug-likeness (QED) is 0.911. The third kappa shape index (κ3) is 3.27. The van der Waals surface area contributed by atoms with Gasteiger partial charge in [-0.3, -0.25) is 0 Å². The summed E-state index contributed by atoms with van der Waals surface area (Å²) in [5, 5.41) is 0. The van der Waals surface area contributed by atoms with E-state index in [4.69, 9.17) is 15.2 Å². The van der Waals surface area contributed by atoms with Crippen molar-refractivity contribution in [3.05, 3.63) is 58.9 Å². The molecule has 0 aliphatic carbocycles. The second-order valence-corrected chi connectivity index (χ2v) is 4.55. The molecule has 3 nitrogen and oxygen atoms in total. The van der Waals surface area contributed by atoms with Gasteiger partial charge in [0.2, 0.25) is 0 Å². The van der Waals surface area contributed by atoms with Crippen molar-refractivity contribution in [2.75, 3.05) is 7.11 Å². The number of rotatable bonds is 5. The summed E-state index contributed by atoms with van der Waals surface area (Å²) >= 11 is 0. The van der Waals surface area contributed by atoms with Crippen LogP contribution in [-0.2, 0) is 13.2 Å². The van der Waals surface area contributed by atoms with Crippen molar-refractivity contribution < 1.29 is 13.9 Å². The highest BCUT2D eigenvalue weighted by Gasteiger charge is 2.07. The molecular formula is C16H18FNO2. The Morgan fingerprint density at radius 2 is 1.90 bits per heavy atom. The number of hydrogen-bond acceptors (Lipinski definition) is 3. The first kappa shape index (κ1) is 14.3. The summed E-state index contributed by atoms with van der Waals surface area (Å²) in [5.74, 6) is 0.953. The van der Waals surface area contributed by atoms with Gasteiger partial charge < -0.3 is 15.2 Å². The molecule has 0 aliphatic heterocycles. The van der Waals surface area contributed by atoms with Crippen LogP contribution in [0.3, 0.4) is 0 Å². The fraction of sp³-hybridized carbons (Fsp3) is 0.250. The average Bonchev–Trinajstić information content (AvgIpc) is 2.47. The number of benzene rings is 2. The lowest BCUT2D eigenvalue weighted by Crippen LogP contribution is -2.03. The first-order valence-electron chi connectivity index (χ1n) is 6.39. The molecule has 0 saturated heterocycles. The molecule has 2 aromatic rings. The minimum atomic E-state index is -0.312. The van der Waals surface area contributed by atoms with Gasteiger partial charge in [-0.1, -0.05) is 12.1 Å². The molecule has 2 aromatic carbocycles. The van der Waals surface area contributed by atoms with Gasteiger partial charge in [0.15, 0.2) is 0 Å². The summed E-state index contributed by atoms with van der Waals surface area (Å²) in [7, 11) is 1.61. The molecule has 0 saturated carbocycles. The molecule has 0 radical (unpaired) electrons. The number of nitrogens with two attached hydrogens (primary N) is 1. The Labute approximate surface area is 118 Å². The summed E-state index contributed by atoms with van der Waals surface area (Å²) in [4.78, 5) is 0. The molecule has 0 spiro atoms. The third-order valence-electron chi connectivity index (χ3n) is 3.11. The van der Waals surface area contributed by atoms with E-state index in [1.54, 1.807) is 13.2 Å². The van der Waals surface area contributed by atoms with Crippen molar-refractivity contribution in [3.8, 4) is 11.5 Å².